The SMILES string of the molecule is COCCNC(=O)CN(C)C=CC(=O)O. The fourth-order valence-electron chi connectivity index (χ4n) is 0.819. The average Bonchev–Trinajstić information content (AvgIpc) is 2.15. The van der Waals surface area contributed by atoms with Gasteiger partial charge in [0.1, 0.15) is 0 Å². The maximum Gasteiger partial charge on any atom is 0.329 e. The first kappa shape index (κ1) is 13.4. The zero-order valence-corrected chi connectivity index (χ0v) is 8.90. The van der Waals surface area contributed by atoms with Gasteiger partial charge in [-0.2, -0.15) is 0 Å². The highest BCUT2D eigenvalue weighted by Crippen LogP contribution is 1.84. The lowest BCUT2D eigenvalue weighted by atomic mass is 10.5. The number of carboxylic acid groups (broad SMARTS) is 1. The number of rotatable bonds is 7. The first-order valence-electron chi connectivity index (χ1n) is 4.43. The minimum atomic E-state index is -1.04. The molecule has 0 saturated carbocycles. The predicted octanol–water partition coefficient (Wildman–Crippen LogP) is -0.721. The van der Waals surface area contributed by atoms with Crippen LogP contribution in [0, 0.1) is 0 Å². The molecule has 0 atom stereocenters. The van der Waals surface area contributed by atoms with E-state index in [4.69, 9.17) is 9.84 Å². The van der Waals surface area contributed by atoms with Gasteiger partial charge in [-0.05, 0) is 0 Å². The Morgan fingerprint density at radius 2 is 2.20 bits per heavy atom. The molecule has 0 radical (unpaired) electrons. The first-order chi connectivity index (χ1) is 7.06. The monoisotopic (exact) mass is 216 g/mol. The molecule has 0 aliphatic heterocycles. The lowest BCUT2D eigenvalue weighted by Gasteiger charge is -2.12. The number of aliphatic carboxylic acids is 1. The van der Waals surface area contributed by atoms with Crippen molar-refractivity contribution < 1.29 is 19.4 Å². The van der Waals surface area contributed by atoms with Crippen molar-refractivity contribution in [1.29, 1.82) is 0 Å². The number of ether oxygens (including phenoxy) is 1. The van der Waals surface area contributed by atoms with Gasteiger partial charge in [-0.1, -0.05) is 0 Å². The molecule has 0 heterocycles. The summed E-state index contributed by atoms with van der Waals surface area (Å²) in [5.74, 6) is -1.22. The van der Waals surface area contributed by atoms with E-state index in [1.54, 1.807) is 14.2 Å². The standard InChI is InChI=1S/C9H16N2O4/c1-11(5-3-9(13)14)7-8(12)10-4-6-15-2/h3,5H,4,6-7H2,1-2H3,(H,10,12)(H,13,14). The molecule has 0 aromatic carbocycles. The van der Waals surface area contributed by atoms with Crippen molar-refractivity contribution in [3.05, 3.63) is 12.3 Å². The van der Waals surface area contributed by atoms with Gasteiger partial charge < -0.3 is 20.1 Å². The summed E-state index contributed by atoms with van der Waals surface area (Å²) >= 11 is 0. The number of carbonyl (C=O) groups is 2. The van der Waals surface area contributed by atoms with Gasteiger partial charge >= 0.3 is 5.97 Å². The van der Waals surface area contributed by atoms with Gasteiger partial charge in [-0.25, -0.2) is 4.79 Å². The maximum atomic E-state index is 11.2. The third-order valence-corrected chi connectivity index (χ3v) is 1.49. The highest BCUT2D eigenvalue weighted by molar-refractivity contribution is 5.80. The second-order valence-electron chi connectivity index (χ2n) is 2.91. The number of carbonyl (C=O) groups excluding carboxylic acids is 1. The summed E-state index contributed by atoms with van der Waals surface area (Å²) in [4.78, 5) is 22.8. The number of hydrogen-bond acceptors (Lipinski definition) is 4. The van der Waals surface area contributed by atoms with E-state index in [2.05, 4.69) is 5.32 Å². The van der Waals surface area contributed by atoms with E-state index >= 15 is 0 Å². The molecule has 6 nitrogen and oxygen atoms in total. The molecule has 0 aromatic heterocycles. The zero-order valence-electron chi connectivity index (χ0n) is 8.90. The smallest absolute Gasteiger partial charge is 0.329 e. The van der Waals surface area contributed by atoms with Crippen molar-refractivity contribution in [2.45, 2.75) is 0 Å². The molecule has 2 N–H and O–H groups in total. The summed E-state index contributed by atoms with van der Waals surface area (Å²) in [6, 6.07) is 0. The molecule has 0 rings (SSSR count). The Balaban J connectivity index is 3.71. The molecule has 0 aliphatic rings. The van der Waals surface area contributed by atoms with Crippen LogP contribution in [0.25, 0.3) is 0 Å². The topological polar surface area (TPSA) is 78.9 Å². The fourth-order valence-corrected chi connectivity index (χ4v) is 0.819. The van der Waals surface area contributed by atoms with Crippen LogP contribution in [-0.4, -0.2) is 55.7 Å². The molecule has 1 amide bonds. The number of nitrogens with one attached hydrogen (secondary N) is 1. The van der Waals surface area contributed by atoms with Crippen molar-refractivity contribution in [3.63, 3.8) is 0 Å². The minimum Gasteiger partial charge on any atom is -0.478 e. The van der Waals surface area contributed by atoms with Gasteiger partial charge in [0.2, 0.25) is 5.91 Å². The van der Waals surface area contributed by atoms with Crippen LogP contribution in [0.2, 0.25) is 0 Å². The van der Waals surface area contributed by atoms with E-state index < -0.39 is 5.97 Å². The van der Waals surface area contributed by atoms with Crippen LogP contribution in [0.3, 0.4) is 0 Å². The van der Waals surface area contributed by atoms with Crippen molar-refractivity contribution in [2.75, 3.05) is 33.9 Å². The Morgan fingerprint density at radius 1 is 1.53 bits per heavy atom. The summed E-state index contributed by atoms with van der Waals surface area (Å²) < 4.78 is 4.76. The van der Waals surface area contributed by atoms with E-state index in [9.17, 15) is 9.59 Å². The summed E-state index contributed by atoms with van der Waals surface area (Å²) in [6.45, 7) is 1.03. The Morgan fingerprint density at radius 3 is 2.73 bits per heavy atom. The van der Waals surface area contributed by atoms with Crippen LogP contribution in [0.4, 0.5) is 0 Å². The fraction of sp³-hybridized carbons (Fsp3) is 0.556. The molecule has 0 saturated heterocycles. The molecule has 0 fully saturated rings. The van der Waals surface area contributed by atoms with Crippen LogP contribution < -0.4 is 5.32 Å². The number of amides is 1. The normalized spacial score (nSPS) is 10.3. The van der Waals surface area contributed by atoms with E-state index in [0.29, 0.717) is 13.2 Å². The lowest BCUT2D eigenvalue weighted by molar-refractivity contribution is -0.131. The van der Waals surface area contributed by atoms with Crippen molar-refractivity contribution in [3.8, 4) is 0 Å². The largest absolute Gasteiger partial charge is 0.478 e. The van der Waals surface area contributed by atoms with Gasteiger partial charge in [0.05, 0.1) is 13.2 Å². The summed E-state index contributed by atoms with van der Waals surface area (Å²) in [7, 11) is 3.17. The maximum absolute atomic E-state index is 11.2. The molecule has 86 valence electrons. The average molecular weight is 216 g/mol. The van der Waals surface area contributed by atoms with E-state index in [1.165, 1.54) is 11.1 Å². The molecule has 15 heavy (non-hydrogen) atoms. The van der Waals surface area contributed by atoms with Crippen LogP contribution in [-0.2, 0) is 14.3 Å². The molecule has 0 spiro atoms. The molecule has 0 unspecified atom stereocenters. The second kappa shape index (κ2) is 7.81. The van der Waals surface area contributed by atoms with Gasteiger partial charge in [0.15, 0.2) is 0 Å². The van der Waals surface area contributed by atoms with Crippen LogP contribution >= 0.6 is 0 Å². The number of carboxylic acids is 1. The van der Waals surface area contributed by atoms with Crippen molar-refractivity contribution in [1.82, 2.24) is 10.2 Å². The zero-order chi connectivity index (χ0) is 11.7. The first-order valence-corrected chi connectivity index (χ1v) is 4.43. The summed E-state index contributed by atoms with van der Waals surface area (Å²) in [5, 5.41) is 11.0. The van der Waals surface area contributed by atoms with Gasteiger partial charge in [-0.15, -0.1) is 0 Å². The third kappa shape index (κ3) is 8.76. The van der Waals surface area contributed by atoms with Crippen LogP contribution in [0.5, 0.6) is 0 Å². The molecular formula is C9H16N2O4. The number of methoxy groups -OCH3 is 1. The Bertz CT molecular complexity index is 240. The van der Waals surface area contributed by atoms with E-state index in [1.807, 2.05) is 0 Å². The Hall–Kier alpha value is -1.56. The van der Waals surface area contributed by atoms with Gasteiger partial charge in [0, 0.05) is 33.0 Å². The summed E-state index contributed by atoms with van der Waals surface area (Å²) in [6.07, 6.45) is 2.31. The molecular weight excluding hydrogens is 200 g/mol. The third-order valence-electron chi connectivity index (χ3n) is 1.49. The molecule has 6 heteroatoms. The lowest BCUT2D eigenvalue weighted by Crippen LogP contribution is -2.34. The summed E-state index contributed by atoms with van der Waals surface area (Å²) in [5.41, 5.74) is 0. The van der Waals surface area contributed by atoms with Crippen molar-refractivity contribution in [2.24, 2.45) is 0 Å². The molecule has 0 aromatic rings. The predicted molar refractivity (Wildman–Crippen MR) is 54.3 cm³/mol. The molecule has 0 aliphatic carbocycles. The highest BCUT2D eigenvalue weighted by Gasteiger charge is 2.02. The van der Waals surface area contributed by atoms with E-state index in [0.717, 1.165) is 6.08 Å². The Labute approximate surface area is 88.5 Å². The second-order valence-corrected chi connectivity index (χ2v) is 2.91. The number of nitrogens with zero attached hydrogens (tertiary/aromatic N) is 1. The van der Waals surface area contributed by atoms with Gasteiger partial charge in [-0.3, -0.25) is 4.79 Å². The van der Waals surface area contributed by atoms with Gasteiger partial charge in [0.25, 0.3) is 0 Å². The Kier molecular flexibility index (Phi) is 7.00. The minimum absolute atomic E-state index is 0.119. The quantitative estimate of drug-likeness (QED) is 0.433. The van der Waals surface area contributed by atoms with Crippen molar-refractivity contribution >= 4 is 11.9 Å². The highest BCUT2D eigenvalue weighted by atomic mass is 16.5. The number of likely N-dealkylation sites (N-methyl/N-ethyl adjacent to an activating group) is 1. The van der Waals surface area contributed by atoms with Crippen LogP contribution in [0.1, 0.15) is 0 Å². The number of hydrogen-bond donors (Lipinski definition) is 2. The molecule has 0 bridgehead atoms. The van der Waals surface area contributed by atoms with Crippen LogP contribution in [0.15, 0.2) is 12.3 Å². The van der Waals surface area contributed by atoms with E-state index in [-0.39, 0.29) is 12.5 Å².